The second-order valence-electron chi connectivity index (χ2n) is 7.87. The van der Waals surface area contributed by atoms with E-state index in [9.17, 15) is 4.79 Å². The van der Waals surface area contributed by atoms with Gasteiger partial charge in [-0.05, 0) is 49.9 Å². The van der Waals surface area contributed by atoms with Crippen LogP contribution in [0.4, 0.5) is 4.79 Å². The lowest BCUT2D eigenvalue weighted by molar-refractivity contribution is 0.108. The van der Waals surface area contributed by atoms with E-state index in [0.29, 0.717) is 19.6 Å². The maximum absolute atomic E-state index is 12.5. The molecule has 0 bridgehead atoms. The molecule has 156 valence electrons. The molecule has 2 aliphatic rings. The number of rotatable bonds is 4. The lowest BCUT2D eigenvalue weighted by atomic mass is 9.96. The van der Waals surface area contributed by atoms with E-state index in [1.54, 1.807) is 12.4 Å². The summed E-state index contributed by atoms with van der Waals surface area (Å²) < 4.78 is 7.41. The lowest BCUT2D eigenvalue weighted by Gasteiger charge is -2.31. The zero-order valence-corrected chi connectivity index (χ0v) is 16.8. The van der Waals surface area contributed by atoms with Crippen molar-refractivity contribution in [3.8, 4) is 11.3 Å². The van der Waals surface area contributed by atoms with Crippen LogP contribution in [0.15, 0.2) is 36.7 Å². The van der Waals surface area contributed by atoms with Gasteiger partial charge in [-0.1, -0.05) is 0 Å². The molecule has 0 spiro atoms. The van der Waals surface area contributed by atoms with Crippen LogP contribution in [0.1, 0.15) is 37.4 Å². The molecule has 1 atom stereocenters. The zero-order valence-electron chi connectivity index (χ0n) is 16.8. The number of hydrogen-bond acceptors (Lipinski definition) is 6. The highest BCUT2D eigenvalue weighted by Crippen LogP contribution is 2.27. The van der Waals surface area contributed by atoms with Crippen molar-refractivity contribution in [2.24, 2.45) is 0 Å². The summed E-state index contributed by atoms with van der Waals surface area (Å²) in [6.07, 6.45) is 7.49. The highest BCUT2D eigenvalue weighted by molar-refractivity contribution is 5.74. The number of nitrogens with zero attached hydrogens (tertiary/aromatic N) is 6. The molecule has 3 aromatic heterocycles. The van der Waals surface area contributed by atoms with E-state index in [4.69, 9.17) is 9.84 Å². The molecule has 0 aromatic carbocycles. The minimum absolute atomic E-state index is 0.00737. The van der Waals surface area contributed by atoms with Gasteiger partial charge in [0.2, 0.25) is 0 Å². The first-order chi connectivity index (χ1) is 14.8. The summed E-state index contributed by atoms with van der Waals surface area (Å²) in [7, 11) is 0. The van der Waals surface area contributed by atoms with Gasteiger partial charge in [-0.2, -0.15) is 9.61 Å². The molecule has 5 rings (SSSR count). The Morgan fingerprint density at radius 3 is 2.83 bits per heavy atom. The van der Waals surface area contributed by atoms with Crippen LogP contribution in [0.5, 0.6) is 0 Å². The van der Waals surface area contributed by atoms with Gasteiger partial charge in [0.25, 0.3) is 0 Å². The number of piperidine rings is 1. The largest absolute Gasteiger partial charge is 0.376 e. The topological polar surface area (TPSA) is 97.5 Å². The number of pyridine rings is 1. The third-order valence-electron chi connectivity index (χ3n) is 5.90. The predicted octanol–water partition coefficient (Wildman–Crippen LogP) is 2.25. The second-order valence-corrected chi connectivity index (χ2v) is 7.87. The molecule has 2 saturated heterocycles. The van der Waals surface area contributed by atoms with Crippen molar-refractivity contribution in [1.29, 1.82) is 0 Å². The summed E-state index contributed by atoms with van der Waals surface area (Å²) in [6, 6.07) is 7.74. The fourth-order valence-electron chi connectivity index (χ4n) is 4.19. The van der Waals surface area contributed by atoms with Crippen molar-refractivity contribution in [2.45, 2.75) is 37.7 Å². The molecule has 30 heavy (non-hydrogen) atoms. The average molecular weight is 407 g/mol. The lowest BCUT2D eigenvalue weighted by Crippen LogP contribution is -2.46. The predicted molar refractivity (Wildman–Crippen MR) is 110 cm³/mol. The maximum Gasteiger partial charge on any atom is 0.317 e. The van der Waals surface area contributed by atoms with E-state index in [1.165, 1.54) is 0 Å². The first-order valence-electron chi connectivity index (χ1n) is 10.5. The van der Waals surface area contributed by atoms with Crippen molar-refractivity contribution < 1.29 is 9.53 Å². The van der Waals surface area contributed by atoms with E-state index >= 15 is 0 Å². The number of amides is 2. The third-order valence-corrected chi connectivity index (χ3v) is 5.90. The Bertz CT molecular complexity index is 1010. The van der Waals surface area contributed by atoms with Gasteiger partial charge in [0.1, 0.15) is 0 Å². The van der Waals surface area contributed by atoms with Crippen LogP contribution in [0, 0.1) is 0 Å². The van der Waals surface area contributed by atoms with E-state index in [0.717, 1.165) is 55.0 Å². The summed E-state index contributed by atoms with van der Waals surface area (Å²) >= 11 is 0. The SMILES string of the molecule is O=C(NCC1CCCO1)N1CCC(c2nnc3ccc(-c4cccnc4)nn23)CC1. The Kier molecular flexibility index (Phi) is 5.27. The van der Waals surface area contributed by atoms with Crippen LogP contribution in [0.25, 0.3) is 16.9 Å². The molecule has 1 unspecified atom stereocenters. The van der Waals surface area contributed by atoms with Crippen LogP contribution >= 0.6 is 0 Å². The standard InChI is InChI=1S/C21H25N7O2/c29-21(23-14-17-4-2-12-30-17)27-10-7-15(8-11-27)20-25-24-19-6-5-18(26-28(19)20)16-3-1-9-22-13-16/h1,3,5-6,9,13,15,17H,2,4,7-8,10-12,14H2,(H,23,29). The Balaban J connectivity index is 1.25. The first kappa shape index (κ1) is 18.9. The molecule has 2 amide bonds. The van der Waals surface area contributed by atoms with Crippen molar-refractivity contribution in [3.63, 3.8) is 0 Å². The summed E-state index contributed by atoms with van der Waals surface area (Å²) in [5.74, 6) is 1.08. The molecule has 5 heterocycles. The summed E-state index contributed by atoms with van der Waals surface area (Å²) in [6.45, 7) is 2.78. The molecule has 1 N–H and O–H groups in total. The Morgan fingerprint density at radius 1 is 1.17 bits per heavy atom. The van der Waals surface area contributed by atoms with Gasteiger partial charge in [-0.15, -0.1) is 10.2 Å². The van der Waals surface area contributed by atoms with Gasteiger partial charge >= 0.3 is 6.03 Å². The Morgan fingerprint density at radius 2 is 2.07 bits per heavy atom. The van der Waals surface area contributed by atoms with Gasteiger partial charge < -0.3 is 15.0 Å². The second kappa shape index (κ2) is 8.35. The molecular weight excluding hydrogens is 382 g/mol. The van der Waals surface area contributed by atoms with E-state index in [2.05, 4.69) is 20.5 Å². The first-order valence-corrected chi connectivity index (χ1v) is 10.5. The number of urea groups is 1. The highest BCUT2D eigenvalue weighted by Gasteiger charge is 2.28. The molecule has 0 saturated carbocycles. The van der Waals surface area contributed by atoms with Crippen LogP contribution in [0.3, 0.4) is 0 Å². The smallest absolute Gasteiger partial charge is 0.317 e. The van der Waals surface area contributed by atoms with E-state index in [-0.39, 0.29) is 18.1 Å². The van der Waals surface area contributed by atoms with Gasteiger partial charge in [0.15, 0.2) is 11.5 Å². The molecule has 0 radical (unpaired) electrons. The number of aromatic nitrogens is 5. The molecule has 9 nitrogen and oxygen atoms in total. The number of hydrogen-bond donors (Lipinski definition) is 1. The molecule has 2 aliphatic heterocycles. The third kappa shape index (κ3) is 3.85. The Labute approximate surface area is 174 Å². The fourth-order valence-corrected chi connectivity index (χ4v) is 4.19. The van der Waals surface area contributed by atoms with Gasteiger partial charge in [-0.3, -0.25) is 4.98 Å². The van der Waals surface area contributed by atoms with Gasteiger partial charge in [-0.25, -0.2) is 4.79 Å². The van der Waals surface area contributed by atoms with Crippen LogP contribution in [-0.4, -0.2) is 68.1 Å². The average Bonchev–Trinajstić information content (AvgIpc) is 3.48. The minimum Gasteiger partial charge on any atom is -0.376 e. The molecule has 0 aliphatic carbocycles. The van der Waals surface area contributed by atoms with Crippen molar-refractivity contribution >= 4 is 11.7 Å². The summed E-state index contributed by atoms with van der Waals surface area (Å²) in [4.78, 5) is 18.5. The van der Waals surface area contributed by atoms with Gasteiger partial charge in [0, 0.05) is 50.1 Å². The maximum atomic E-state index is 12.5. The van der Waals surface area contributed by atoms with Crippen LogP contribution < -0.4 is 5.32 Å². The number of carbonyl (C=O) groups is 1. The number of carbonyl (C=O) groups excluding carboxylic acids is 1. The Hall–Kier alpha value is -3.07. The quantitative estimate of drug-likeness (QED) is 0.712. The number of ether oxygens (including phenoxy) is 1. The van der Waals surface area contributed by atoms with E-state index in [1.807, 2.05) is 33.7 Å². The van der Waals surface area contributed by atoms with Crippen molar-refractivity contribution in [3.05, 3.63) is 42.5 Å². The molecule has 2 fully saturated rings. The van der Waals surface area contributed by atoms with E-state index < -0.39 is 0 Å². The monoisotopic (exact) mass is 407 g/mol. The number of nitrogens with one attached hydrogen (secondary N) is 1. The van der Waals surface area contributed by atoms with Crippen LogP contribution in [-0.2, 0) is 4.74 Å². The zero-order chi connectivity index (χ0) is 20.3. The normalized spacial score (nSPS) is 20.0. The fraction of sp³-hybridized carbons (Fsp3) is 0.476. The van der Waals surface area contributed by atoms with Crippen LogP contribution in [0.2, 0.25) is 0 Å². The minimum atomic E-state index is -0.00737. The summed E-state index contributed by atoms with van der Waals surface area (Å²) in [5, 5.41) is 16.5. The van der Waals surface area contributed by atoms with Crippen molar-refractivity contribution in [1.82, 2.24) is 35.0 Å². The van der Waals surface area contributed by atoms with Gasteiger partial charge in [0.05, 0.1) is 11.8 Å². The number of likely N-dealkylation sites (tertiary alicyclic amines) is 1. The molecule has 9 heteroatoms. The molecule has 3 aromatic rings. The summed E-state index contributed by atoms with van der Waals surface area (Å²) in [5.41, 5.74) is 2.52. The van der Waals surface area contributed by atoms with Crippen molar-refractivity contribution in [2.75, 3.05) is 26.2 Å². The molecular formula is C21H25N7O2. The number of fused-ring (bicyclic) bond motifs is 1. The highest BCUT2D eigenvalue weighted by atomic mass is 16.5.